The Labute approximate surface area is 164 Å². The van der Waals surface area contributed by atoms with Gasteiger partial charge in [-0.05, 0) is 44.6 Å². The van der Waals surface area contributed by atoms with Crippen LogP contribution in [-0.2, 0) is 16.0 Å². The summed E-state index contributed by atoms with van der Waals surface area (Å²) in [6, 6.07) is 5.42. The van der Waals surface area contributed by atoms with Gasteiger partial charge in [0.05, 0.1) is 16.7 Å². The fraction of sp³-hybridized carbons (Fsp3) is 0.556. The van der Waals surface area contributed by atoms with Gasteiger partial charge in [-0.15, -0.1) is 0 Å². The van der Waals surface area contributed by atoms with Gasteiger partial charge in [0.25, 0.3) is 0 Å². The first-order valence-electron chi connectivity index (χ1n) is 8.16. The molecular formula is C18H25Cl2NO3S. The predicted molar refractivity (Wildman–Crippen MR) is 106 cm³/mol. The Kier molecular flexibility index (Phi) is 9.69. The highest BCUT2D eigenvalue weighted by molar-refractivity contribution is 7.99. The summed E-state index contributed by atoms with van der Waals surface area (Å²) in [4.78, 5) is 24.5. The maximum absolute atomic E-state index is 12.4. The van der Waals surface area contributed by atoms with E-state index in [9.17, 15) is 9.59 Å². The van der Waals surface area contributed by atoms with Crippen molar-refractivity contribution in [2.45, 2.75) is 39.2 Å². The minimum absolute atomic E-state index is 0.241. The molecule has 0 aliphatic rings. The third-order valence-corrected chi connectivity index (χ3v) is 5.32. The molecule has 1 rings (SSSR count). The number of carbonyl (C=O) groups is 2. The Morgan fingerprint density at radius 3 is 2.68 bits per heavy atom. The molecule has 0 saturated heterocycles. The summed E-state index contributed by atoms with van der Waals surface area (Å²) in [5.41, 5.74) is 0.523. The number of hydrogen-bond acceptors (Lipinski definition) is 4. The minimum Gasteiger partial charge on any atom is -0.449 e. The van der Waals surface area contributed by atoms with Crippen molar-refractivity contribution in [3.8, 4) is 0 Å². The van der Waals surface area contributed by atoms with Crippen LogP contribution in [0.2, 0.25) is 10.0 Å². The SMILES string of the molecule is CC(C)(C)N(CCCSCC=O)C(=O)OCCc1cccc(Cl)c1Cl. The highest BCUT2D eigenvalue weighted by Gasteiger charge is 2.27. The van der Waals surface area contributed by atoms with E-state index in [0.29, 0.717) is 28.8 Å². The molecule has 4 nitrogen and oxygen atoms in total. The third-order valence-electron chi connectivity index (χ3n) is 3.51. The summed E-state index contributed by atoms with van der Waals surface area (Å²) in [5.74, 6) is 1.32. The molecule has 7 heteroatoms. The van der Waals surface area contributed by atoms with E-state index in [-0.39, 0.29) is 18.2 Å². The van der Waals surface area contributed by atoms with Gasteiger partial charge in [0, 0.05) is 24.3 Å². The van der Waals surface area contributed by atoms with Crippen LogP contribution < -0.4 is 0 Å². The summed E-state index contributed by atoms with van der Waals surface area (Å²) < 4.78 is 5.43. The number of rotatable bonds is 9. The fourth-order valence-corrected chi connectivity index (χ4v) is 3.24. The van der Waals surface area contributed by atoms with Crippen LogP contribution in [0.25, 0.3) is 0 Å². The van der Waals surface area contributed by atoms with E-state index < -0.39 is 0 Å². The van der Waals surface area contributed by atoms with Crippen LogP contribution in [0.1, 0.15) is 32.8 Å². The van der Waals surface area contributed by atoms with Crippen LogP contribution in [0.4, 0.5) is 4.79 Å². The molecule has 1 aromatic carbocycles. The Bertz CT molecular complexity index is 576. The molecule has 0 atom stereocenters. The van der Waals surface area contributed by atoms with Crippen molar-refractivity contribution < 1.29 is 14.3 Å². The van der Waals surface area contributed by atoms with E-state index in [1.165, 1.54) is 0 Å². The summed E-state index contributed by atoms with van der Waals surface area (Å²) in [7, 11) is 0. The first kappa shape index (κ1) is 22.1. The average molecular weight is 406 g/mol. The Morgan fingerprint density at radius 1 is 1.32 bits per heavy atom. The van der Waals surface area contributed by atoms with E-state index >= 15 is 0 Å². The fourth-order valence-electron chi connectivity index (χ4n) is 2.22. The Balaban J connectivity index is 2.51. The zero-order chi connectivity index (χ0) is 18.9. The molecule has 0 aromatic heterocycles. The quantitative estimate of drug-likeness (QED) is 0.423. The van der Waals surface area contributed by atoms with Gasteiger partial charge in [-0.3, -0.25) is 0 Å². The number of aldehydes is 1. The van der Waals surface area contributed by atoms with Gasteiger partial charge in [0.1, 0.15) is 6.29 Å². The van der Waals surface area contributed by atoms with Crippen molar-refractivity contribution in [3.05, 3.63) is 33.8 Å². The minimum atomic E-state index is -0.342. The highest BCUT2D eigenvalue weighted by atomic mass is 35.5. The number of carbonyl (C=O) groups excluding carboxylic acids is 2. The number of benzene rings is 1. The second-order valence-corrected chi connectivity index (χ2v) is 8.43. The topological polar surface area (TPSA) is 46.6 Å². The van der Waals surface area contributed by atoms with E-state index in [2.05, 4.69) is 0 Å². The molecule has 0 aliphatic heterocycles. The molecule has 0 heterocycles. The summed E-state index contributed by atoms with van der Waals surface area (Å²) >= 11 is 13.7. The lowest BCUT2D eigenvalue weighted by Crippen LogP contribution is -2.46. The van der Waals surface area contributed by atoms with Crippen LogP contribution in [0.15, 0.2) is 18.2 Å². The lowest BCUT2D eigenvalue weighted by atomic mass is 10.1. The third kappa shape index (κ3) is 7.89. The van der Waals surface area contributed by atoms with Crippen LogP contribution >= 0.6 is 35.0 Å². The molecule has 1 aromatic rings. The zero-order valence-corrected chi connectivity index (χ0v) is 17.2. The van der Waals surface area contributed by atoms with Crippen molar-refractivity contribution in [2.75, 3.05) is 24.7 Å². The molecule has 0 radical (unpaired) electrons. The van der Waals surface area contributed by atoms with Crippen molar-refractivity contribution in [3.63, 3.8) is 0 Å². The van der Waals surface area contributed by atoms with Crippen molar-refractivity contribution in [1.29, 1.82) is 0 Å². The molecule has 0 aliphatic carbocycles. The molecule has 0 saturated carbocycles. The van der Waals surface area contributed by atoms with Crippen LogP contribution in [-0.4, -0.2) is 47.5 Å². The number of halogens is 2. The number of ether oxygens (including phenoxy) is 1. The number of thioether (sulfide) groups is 1. The molecule has 0 fully saturated rings. The smallest absolute Gasteiger partial charge is 0.410 e. The van der Waals surface area contributed by atoms with Crippen LogP contribution in [0.5, 0.6) is 0 Å². The molecule has 0 N–H and O–H groups in total. The lowest BCUT2D eigenvalue weighted by Gasteiger charge is -2.34. The summed E-state index contributed by atoms with van der Waals surface area (Å²) in [6.45, 7) is 6.75. The number of nitrogens with zero attached hydrogens (tertiary/aromatic N) is 1. The van der Waals surface area contributed by atoms with Crippen molar-refractivity contribution >= 4 is 47.3 Å². The Morgan fingerprint density at radius 2 is 2.04 bits per heavy atom. The normalized spacial score (nSPS) is 11.2. The summed E-state index contributed by atoms with van der Waals surface area (Å²) in [5, 5.41) is 0.995. The molecule has 0 spiro atoms. The standard InChI is InChI=1S/C18H25Cl2NO3S/c1-18(2,3)21(9-5-12-25-13-10-22)17(23)24-11-8-14-6-4-7-15(19)16(14)20/h4,6-7,10H,5,8-9,11-13H2,1-3H3. The monoisotopic (exact) mass is 405 g/mol. The molecular weight excluding hydrogens is 381 g/mol. The van der Waals surface area contributed by atoms with Gasteiger partial charge in [-0.25, -0.2) is 4.79 Å². The molecule has 0 unspecified atom stereocenters. The molecule has 1 amide bonds. The maximum Gasteiger partial charge on any atom is 0.410 e. The molecule has 140 valence electrons. The number of amides is 1. The van der Waals surface area contributed by atoms with Crippen LogP contribution in [0, 0.1) is 0 Å². The second-order valence-electron chi connectivity index (χ2n) is 6.49. The van der Waals surface area contributed by atoms with Crippen molar-refractivity contribution in [1.82, 2.24) is 4.90 Å². The van der Waals surface area contributed by atoms with E-state index in [4.69, 9.17) is 27.9 Å². The highest BCUT2D eigenvalue weighted by Crippen LogP contribution is 2.26. The van der Waals surface area contributed by atoms with Gasteiger partial charge in [0.2, 0.25) is 0 Å². The van der Waals surface area contributed by atoms with Gasteiger partial charge in [-0.1, -0.05) is 35.3 Å². The largest absolute Gasteiger partial charge is 0.449 e. The van der Waals surface area contributed by atoms with E-state index in [0.717, 1.165) is 24.0 Å². The number of hydrogen-bond donors (Lipinski definition) is 0. The second kappa shape index (κ2) is 10.9. The van der Waals surface area contributed by atoms with Gasteiger partial charge < -0.3 is 14.4 Å². The van der Waals surface area contributed by atoms with Crippen LogP contribution in [0.3, 0.4) is 0 Å². The van der Waals surface area contributed by atoms with Gasteiger partial charge >= 0.3 is 6.09 Å². The molecule has 0 bridgehead atoms. The summed E-state index contributed by atoms with van der Waals surface area (Å²) in [6.07, 6.45) is 1.87. The predicted octanol–water partition coefficient (Wildman–Crippen LogP) is 5.10. The van der Waals surface area contributed by atoms with Gasteiger partial charge in [-0.2, -0.15) is 11.8 Å². The zero-order valence-electron chi connectivity index (χ0n) is 14.9. The lowest BCUT2D eigenvalue weighted by molar-refractivity contribution is -0.105. The first-order valence-corrected chi connectivity index (χ1v) is 10.1. The first-order chi connectivity index (χ1) is 11.8. The maximum atomic E-state index is 12.4. The van der Waals surface area contributed by atoms with E-state index in [1.54, 1.807) is 22.7 Å². The van der Waals surface area contributed by atoms with Gasteiger partial charge in [0.15, 0.2) is 0 Å². The molecule has 25 heavy (non-hydrogen) atoms. The van der Waals surface area contributed by atoms with Crippen molar-refractivity contribution in [2.24, 2.45) is 0 Å². The average Bonchev–Trinajstić information content (AvgIpc) is 2.53. The Hall–Kier alpha value is -0.910. The van der Waals surface area contributed by atoms with E-state index in [1.807, 2.05) is 32.9 Å².